The highest BCUT2D eigenvalue weighted by molar-refractivity contribution is 7.71. The highest BCUT2D eigenvalue weighted by atomic mass is 32.2. The SMILES string of the molecule is O=C(NO)c1ccc2c(c1)N(Cc1cccc(C[SH](=O)=O)c1)CCO2. The quantitative estimate of drug-likeness (QED) is 0.422. The van der Waals surface area contributed by atoms with Gasteiger partial charge in [0.15, 0.2) is 0 Å². The Morgan fingerprint density at radius 3 is 2.76 bits per heavy atom. The van der Waals surface area contributed by atoms with Crippen molar-refractivity contribution in [1.82, 2.24) is 5.48 Å². The van der Waals surface area contributed by atoms with Crippen molar-refractivity contribution < 1.29 is 23.2 Å². The summed E-state index contributed by atoms with van der Waals surface area (Å²) in [5, 5.41) is 8.80. The van der Waals surface area contributed by atoms with E-state index in [-0.39, 0.29) is 5.75 Å². The Morgan fingerprint density at radius 2 is 2.00 bits per heavy atom. The van der Waals surface area contributed by atoms with Crippen molar-refractivity contribution in [3.05, 3.63) is 59.2 Å². The minimum Gasteiger partial charge on any atom is -0.490 e. The van der Waals surface area contributed by atoms with Crippen LogP contribution in [0.15, 0.2) is 42.5 Å². The van der Waals surface area contributed by atoms with E-state index in [9.17, 15) is 13.2 Å². The van der Waals surface area contributed by atoms with Gasteiger partial charge >= 0.3 is 0 Å². The van der Waals surface area contributed by atoms with E-state index in [0.717, 1.165) is 16.8 Å². The highest BCUT2D eigenvalue weighted by Gasteiger charge is 2.20. The summed E-state index contributed by atoms with van der Waals surface area (Å²) in [6.07, 6.45) is 0. The molecule has 2 aromatic carbocycles. The molecule has 25 heavy (non-hydrogen) atoms. The second-order valence-electron chi connectivity index (χ2n) is 5.70. The van der Waals surface area contributed by atoms with E-state index >= 15 is 0 Å². The van der Waals surface area contributed by atoms with Crippen molar-refractivity contribution >= 4 is 22.3 Å². The van der Waals surface area contributed by atoms with Crippen LogP contribution in [0.3, 0.4) is 0 Å². The van der Waals surface area contributed by atoms with Crippen LogP contribution < -0.4 is 15.1 Å². The van der Waals surface area contributed by atoms with Gasteiger partial charge in [-0.1, -0.05) is 24.3 Å². The largest absolute Gasteiger partial charge is 0.490 e. The first-order valence-corrected chi connectivity index (χ1v) is 9.09. The molecule has 2 N–H and O–H groups in total. The van der Waals surface area contributed by atoms with Crippen molar-refractivity contribution in [2.75, 3.05) is 18.1 Å². The molecule has 1 aliphatic heterocycles. The number of nitrogens with one attached hydrogen (secondary N) is 1. The number of anilines is 1. The van der Waals surface area contributed by atoms with E-state index in [1.165, 1.54) is 0 Å². The fraction of sp³-hybridized carbons (Fsp3) is 0.235. The molecule has 0 fully saturated rings. The maximum atomic E-state index is 11.6. The van der Waals surface area contributed by atoms with Crippen molar-refractivity contribution in [3.8, 4) is 5.75 Å². The number of fused-ring (bicyclic) bond motifs is 1. The molecule has 0 spiro atoms. The van der Waals surface area contributed by atoms with Gasteiger partial charge in [-0.15, -0.1) is 0 Å². The average Bonchev–Trinajstić information content (AvgIpc) is 2.61. The predicted molar refractivity (Wildman–Crippen MR) is 92.7 cm³/mol. The summed E-state index contributed by atoms with van der Waals surface area (Å²) >= 11 is 0. The lowest BCUT2D eigenvalue weighted by Gasteiger charge is -2.31. The molecule has 0 saturated heterocycles. The molecule has 0 saturated carbocycles. The third-order valence-corrected chi connectivity index (χ3v) is 4.58. The third-order valence-electron chi connectivity index (χ3n) is 3.96. The second-order valence-corrected chi connectivity index (χ2v) is 6.69. The standard InChI is InChI=1S/C17H18N2O5S/c20-17(18-21)14-4-5-16-15(9-14)19(6-7-24-16)10-12-2-1-3-13(8-12)11-25(22)23/h1-5,8-9,21,25H,6-7,10-11H2,(H,18,20). The first-order valence-electron chi connectivity index (χ1n) is 7.72. The molecule has 132 valence electrons. The molecule has 0 bridgehead atoms. The number of hydroxylamine groups is 1. The molecule has 1 aliphatic rings. The number of nitrogens with zero attached hydrogens (tertiary/aromatic N) is 1. The predicted octanol–water partition coefficient (Wildman–Crippen LogP) is 1.32. The Morgan fingerprint density at radius 1 is 1.20 bits per heavy atom. The Labute approximate surface area is 146 Å². The maximum absolute atomic E-state index is 11.6. The second kappa shape index (κ2) is 7.54. The topological polar surface area (TPSA) is 95.9 Å². The minimum absolute atomic E-state index is 0.0176. The van der Waals surface area contributed by atoms with E-state index in [0.29, 0.717) is 31.0 Å². The fourth-order valence-corrected chi connectivity index (χ4v) is 3.33. The Bertz CT molecular complexity index is 858. The zero-order valence-electron chi connectivity index (χ0n) is 13.3. The smallest absolute Gasteiger partial charge is 0.274 e. The summed E-state index contributed by atoms with van der Waals surface area (Å²) in [6, 6.07) is 12.4. The highest BCUT2D eigenvalue weighted by Crippen LogP contribution is 2.33. The Balaban J connectivity index is 1.86. The molecule has 8 heteroatoms. The fourth-order valence-electron chi connectivity index (χ4n) is 2.84. The van der Waals surface area contributed by atoms with E-state index in [1.807, 2.05) is 18.2 Å². The summed E-state index contributed by atoms with van der Waals surface area (Å²) in [5.41, 5.74) is 4.42. The van der Waals surface area contributed by atoms with Crippen molar-refractivity contribution in [2.45, 2.75) is 12.3 Å². The van der Waals surface area contributed by atoms with Gasteiger partial charge in [-0.05, 0) is 29.3 Å². The molecule has 1 heterocycles. The normalized spacial score (nSPS) is 13.3. The Kier molecular flexibility index (Phi) is 5.20. The van der Waals surface area contributed by atoms with Gasteiger partial charge in [-0.2, -0.15) is 0 Å². The molecule has 0 atom stereocenters. The monoisotopic (exact) mass is 362 g/mol. The molecule has 0 aliphatic carbocycles. The van der Waals surface area contributed by atoms with Gasteiger partial charge in [-0.25, -0.2) is 13.9 Å². The van der Waals surface area contributed by atoms with Crippen molar-refractivity contribution in [2.24, 2.45) is 0 Å². The van der Waals surface area contributed by atoms with Crippen LogP contribution in [0.5, 0.6) is 5.75 Å². The third kappa shape index (κ3) is 4.09. The molecule has 1 amide bonds. The number of carbonyl (C=O) groups excluding carboxylic acids is 1. The summed E-state index contributed by atoms with van der Waals surface area (Å²) in [4.78, 5) is 13.7. The molecule has 0 aromatic heterocycles. The van der Waals surface area contributed by atoms with Crippen molar-refractivity contribution in [3.63, 3.8) is 0 Å². The number of carbonyl (C=O) groups is 1. The van der Waals surface area contributed by atoms with Gasteiger partial charge < -0.3 is 9.64 Å². The number of ether oxygens (including phenoxy) is 1. The number of rotatable bonds is 5. The first kappa shape index (κ1) is 17.2. The zero-order valence-corrected chi connectivity index (χ0v) is 14.2. The van der Waals surface area contributed by atoms with E-state index in [1.54, 1.807) is 29.7 Å². The molecular weight excluding hydrogens is 344 g/mol. The number of amides is 1. The van der Waals surface area contributed by atoms with E-state index in [4.69, 9.17) is 9.94 Å². The number of benzene rings is 2. The van der Waals surface area contributed by atoms with Crippen LogP contribution in [-0.4, -0.2) is 32.7 Å². The number of thiol groups is 1. The van der Waals surface area contributed by atoms with Crippen LogP contribution >= 0.6 is 0 Å². The molecule has 2 aromatic rings. The molecule has 3 rings (SSSR count). The van der Waals surface area contributed by atoms with Crippen LogP contribution in [0.25, 0.3) is 0 Å². The van der Waals surface area contributed by atoms with Crippen LogP contribution in [0.1, 0.15) is 21.5 Å². The Hall–Kier alpha value is -2.58. The maximum Gasteiger partial charge on any atom is 0.274 e. The lowest BCUT2D eigenvalue weighted by Crippen LogP contribution is -2.32. The van der Waals surface area contributed by atoms with Gasteiger partial charge in [0.25, 0.3) is 5.91 Å². The number of hydrogen-bond donors (Lipinski definition) is 3. The average molecular weight is 362 g/mol. The van der Waals surface area contributed by atoms with E-state index in [2.05, 4.69) is 4.90 Å². The van der Waals surface area contributed by atoms with Gasteiger partial charge in [0.2, 0.25) is 0 Å². The first-order chi connectivity index (χ1) is 12.1. The summed E-state index contributed by atoms with van der Waals surface area (Å²) in [7, 11) is -2.47. The zero-order chi connectivity index (χ0) is 17.8. The van der Waals surface area contributed by atoms with Gasteiger partial charge in [0.1, 0.15) is 23.1 Å². The van der Waals surface area contributed by atoms with Crippen molar-refractivity contribution in [1.29, 1.82) is 0 Å². The minimum atomic E-state index is -2.47. The summed E-state index contributed by atoms with van der Waals surface area (Å²) in [5.74, 6) is 0.0954. The van der Waals surface area contributed by atoms with Crippen LogP contribution in [0.4, 0.5) is 5.69 Å². The summed E-state index contributed by atoms with van der Waals surface area (Å²) < 4.78 is 27.5. The molecule has 0 radical (unpaired) electrons. The summed E-state index contributed by atoms with van der Waals surface area (Å²) in [6.45, 7) is 1.71. The molecular formula is C17H18N2O5S. The van der Waals surface area contributed by atoms with Gasteiger partial charge in [-0.3, -0.25) is 10.0 Å². The van der Waals surface area contributed by atoms with Crippen LogP contribution in [-0.2, 0) is 23.0 Å². The van der Waals surface area contributed by atoms with Gasteiger partial charge in [0, 0.05) is 12.1 Å². The lowest BCUT2D eigenvalue weighted by atomic mass is 10.1. The number of hydrogen-bond acceptors (Lipinski definition) is 6. The van der Waals surface area contributed by atoms with Gasteiger partial charge in [0.05, 0.1) is 18.0 Å². The lowest BCUT2D eigenvalue weighted by molar-refractivity contribution is 0.0706. The van der Waals surface area contributed by atoms with E-state index < -0.39 is 16.6 Å². The van der Waals surface area contributed by atoms with Crippen LogP contribution in [0.2, 0.25) is 0 Å². The molecule has 0 unspecified atom stereocenters. The molecule has 7 nitrogen and oxygen atoms in total. The van der Waals surface area contributed by atoms with Crippen LogP contribution in [0, 0.1) is 0 Å².